The second-order valence-electron chi connectivity index (χ2n) is 7.64. The van der Waals surface area contributed by atoms with Crippen LogP contribution in [0.1, 0.15) is 30.8 Å². The maximum absolute atomic E-state index is 4.79. The van der Waals surface area contributed by atoms with Crippen molar-refractivity contribution in [1.82, 2.24) is 25.2 Å². The van der Waals surface area contributed by atoms with Gasteiger partial charge in [0.25, 0.3) is 0 Å². The molecule has 3 heterocycles. The number of aliphatic imine (C=N–C) groups is 1. The van der Waals surface area contributed by atoms with E-state index in [1.807, 2.05) is 13.1 Å². The summed E-state index contributed by atoms with van der Waals surface area (Å²) in [5.74, 6) is 1.91. The van der Waals surface area contributed by atoms with E-state index in [4.69, 9.17) is 4.98 Å². The lowest BCUT2D eigenvalue weighted by molar-refractivity contribution is 0.624. The number of anilines is 1. The molecule has 7 nitrogen and oxygen atoms in total. The monoisotopic (exact) mass is 553 g/mol. The van der Waals surface area contributed by atoms with E-state index in [2.05, 4.69) is 60.6 Å². The predicted octanol–water partition coefficient (Wildman–Crippen LogP) is 3.82. The Morgan fingerprint density at radius 2 is 1.90 bits per heavy atom. The highest BCUT2D eigenvalue weighted by molar-refractivity contribution is 14.0. The number of benzene rings is 1. The summed E-state index contributed by atoms with van der Waals surface area (Å²) in [5, 5.41) is 10.2. The molecule has 0 atom stereocenters. The van der Waals surface area contributed by atoms with Gasteiger partial charge in [0.05, 0.1) is 16.7 Å². The number of hydrogen-bond donors (Lipinski definition) is 2. The van der Waals surface area contributed by atoms with Crippen molar-refractivity contribution in [3.05, 3.63) is 41.2 Å². The molecule has 9 heteroatoms. The predicted molar refractivity (Wildman–Crippen MR) is 141 cm³/mol. The molecule has 0 saturated carbocycles. The van der Waals surface area contributed by atoms with Crippen molar-refractivity contribution >= 4 is 57.4 Å². The van der Waals surface area contributed by atoms with Crippen molar-refractivity contribution in [2.24, 2.45) is 4.99 Å². The van der Waals surface area contributed by atoms with Crippen LogP contribution in [0.5, 0.6) is 0 Å². The van der Waals surface area contributed by atoms with E-state index in [-0.39, 0.29) is 24.0 Å². The first-order valence-electron chi connectivity index (χ1n) is 10.8. The SMILES string of the molecule is CN=C(NCCCn1c(C)nc2ccccc21)NCCc1csc(N2CCCC2)n1.I. The van der Waals surface area contributed by atoms with Gasteiger partial charge in [0.2, 0.25) is 0 Å². The largest absolute Gasteiger partial charge is 0.356 e. The fourth-order valence-corrected chi connectivity index (χ4v) is 4.83. The molecular weight excluding hydrogens is 521 g/mol. The summed E-state index contributed by atoms with van der Waals surface area (Å²) >= 11 is 1.76. The van der Waals surface area contributed by atoms with Crippen LogP contribution in [-0.2, 0) is 13.0 Å². The highest BCUT2D eigenvalue weighted by Crippen LogP contribution is 2.24. The smallest absolute Gasteiger partial charge is 0.190 e. The third-order valence-corrected chi connectivity index (χ3v) is 6.46. The molecule has 31 heavy (non-hydrogen) atoms. The lowest BCUT2D eigenvalue weighted by Crippen LogP contribution is -2.39. The molecule has 2 N–H and O–H groups in total. The number of halogens is 1. The third kappa shape index (κ3) is 6.09. The Kier molecular flexibility index (Phi) is 8.94. The van der Waals surface area contributed by atoms with E-state index in [1.165, 1.54) is 23.5 Å². The van der Waals surface area contributed by atoms with Crippen molar-refractivity contribution in [2.45, 2.75) is 39.2 Å². The van der Waals surface area contributed by atoms with Crippen molar-refractivity contribution in [3.63, 3.8) is 0 Å². The molecule has 0 aliphatic carbocycles. The summed E-state index contributed by atoms with van der Waals surface area (Å²) in [6.45, 7) is 7.00. The first-order valence-corrected chi connectivity index (χ1v) is 11.7. The van der Waals surface area contributed by atoms with E-state index in [1.54, 1.807) is 11.3 Å². The molecule has 1 fully saturated rings. The van der Waals surface area contributed by atoms with Gasteiger partial charge >= 0.3 is 0 Å². The summed E-state index contributed by atoms with van der Waals surface area (Å²) < 4.78 is 2.29. The van der Waals surface area contributed by atoms with Gasteiger partial charge in [-0.1, -0.05) is 12.1 Å². The normalized spacial score (nSPS) is 14.1. The summed E-state index contributed by atoms with van der Waals surface area (Å²) in [6.07, 6.45) is 4.49. The van der Waals surface area contributed by atoms with Crippen molar-refractivity contribution in [3.8, 4) is 0 Å². The highest BCUT2D eigenvalue weighted by atomic mass is 127. The van der Waals surface area contributed by atoms with Gasteiger partial charge in [0, 0.05) is 51.6 Å². The number of aromatic nitrogens is 3. The number of thiazole rings is 1. The third-order valence-electron chi connectivity index (χ3n) is 5.51. The molecule has 0 radical (unpaired) electrons. The van der Waals surface area contributed by atoms with Gasteiger partial charge in [-0.25, -0.2) is 9.97 Å². The lowest BCUT2D eigenvalue weighted by Gasteiger charge is -2.13. The number of imidazole rings is 1. The maximum Gasteiger partial charge on any atom is 0.190 e. The number of para-hydroxylation sites is 2. The Morgan fingerprint density at radius 1 is 1.13 bits per heavy atom. The van der Waals surface area contributed by atoms with E-state index >= 15 is 0 Å². The maximum atomic E-state index is 4.79. The standard InChI is InChI=1S/C22H31N7S.HI/c1-17-26-19-8-3-4-9-20(19)29(17)15-7-11-24-21(23-2)25-12-10-18-16-30-22(27-18)28-13-5-6-14-28;/h3-4,8-9,16H,5-7,10-15H2,1-2H3,(H2,23,24,25);1H. The van der Waals surface area contributed by atoms with Crippen LogP contribution in [0, 0.1) is 6.92 Å². The summed E-state index contributed by atoms with van der Waals surface area (Å²) in [6, 6.07) is 8.31. The Morgan fingerprint density at radius 3 is 2.71 bits per heavy atom. The molecule has 3 aromatic rings. The van der Waals surface area contributed by atoms with E-state index in [9.17, 15) is 0 Å². The van der Waals surface area contributed by atoms with Crippen LogP contribution in [0.3, 0.4) is 0 Å². The van der Waals surface area contributed by atoms with Crippen LogP contribution in [0.25, 0.3) is 11.0 Å². The number of nitrogens with one attached hydrogen (secondary N) is 2. The molecule has 2 aromatic heterocycles. The van der Waals surface area contributed by atoms with Crippen LogP contribution in [-0.4, -0.2) is 53.7 Å². The zero-order valence-electron chi connectivity index (χ0n) is 18.3. The van der Waals surface area contributed by atoms with Crippen molar-refractivity contribution < 1.29 is 0 Å². The number of hydrogen-bond acceptors (Lipinski definition) is 5. The Labute approximate surface area is 205 Å². The van der Waals surface area contributed by atoms with Crippen LogP contribution in [0.2, 0.25) is 0 Å². The fraction of sp³-hybridized carbons (Fsp3) is 0.500. The average Bonchev–Trinajstić information content (AvgIpc) is 3.50. The molecule has 0 bridgehead atoms. The second kappa shape index (κ2) is 11.7. The molecule has 168 valence electrons. The summed E-state index contributed by atoms with van der Waals surface area (Å²) in [5.41, 5.74) is 3.43. The van der Waals surface area contributed by atoms with Crippen LogP contribution in [0.4, 0.5) is 5.13 Å². The minimum absolute atomic E-state index is 0. The lowest BCUT2D eigenvalue weighted by atomic mass is 10.3. The van der Waals surface area contributed by atoms with E-state index < -0.39 is 0 Å². The minimum Gasteiger partial charge on any atom is -0.356 e. The second-order valence-corrected chi connectivity index (χ2v) is 8.48. The number of aryl methyl sites for hydroxylation is 2. The van der Waals surface area contributed by atoms with Gasteiger partial charge in [0.1, 0.15) is 5.82 Å². The molecular formula is C22H32IN7S. The van der Waals surface area contributed by atoms with Crippen molar-refractivity contribution in [2.75, 3.05) is 38.1 Å². The molecule has 0 amide bonds. The highest BCUT2D eigenvalue weighted by Gasteiger charge is 2.15. The first-order chi connectivity index (χ1) is 14.7. The minimum atomic E-state index is 0. The van der Waals surface area contributed by atoms with Gasteiger partial charge in [-0.2, -0.15) is 0 Å². The molecule has 1 aliphatic rings. The molecule has 4 rings (SSSR count). The number of fused-ring (bicyclic) bond motifs is 1. The molecule has 1 aromatic carbocycles. The Bertz CT molecular complexity index is 991. The van der Waals surface area contributed by atoms with Gasteiger partial charge in [0.15, 0.2) is 11.1 Å². The van der Waals surface area contributed by atoms with Gasteiger partial charge in [-0.05, 0) is 38.3 Å². The van der Waals surface area contributed by atoms with E-state index in [0.29, 0.717) is 0 Å². The summed E-state index contributed by atoms with van der Waals surface area (Å²) in [4.78, 5) is 16.2. The number of guanidine groups is 1. The van der Waals surface area contributed by atoms with E-state index in [0.717, 1.165) is 68.6 Å². The average molecular weight is 554 g/mol. The number of rotatable bonds is 8. The van der Waals surface area contributed by atoms with Crippen LogP contribution in [0.15, 0.2) is 34.6 Å². The number of nitrogens with zero attached hydrogens (tertiary/aromatic N) is 5. The molecule has 1 saturated heterocycles. The first kappa shape index (κ1) is 23.8. The van der Waals surface area contributed by atoms with Gasteiger partial charge < -0.3 is 20.1 Å². The molecule has 1 aliphatic heterocycles. The quantitative estimate of drug-likeness (QED) is 0.192. The fourth-order valence-electron chi connectivity index (χ4n) is 3.92. The van der Waals surface area contributed by atoms with Crippen LogP contribution < -0.4 is 15.5 Å². The topological polar surface area (TPSA) is 70.4 Å². The van der Waals surface area contributed by atoms with Crippen LogP contribution >= 0.6 is 35.3 Å². The Balaban J connectivity index is 0.00000272. The zero-order valence-corrected chi connectivity index (χ0v) is 21.5. The Hall–Kier alpha value is -1.88. The molecule has 0 unspecified atom stereocenters. The zero-order chi connectivity index (χ0) is 20.8. The van der Waals surface area contributed by atoms with Gasteiger partial charge in [-0.3, -0.25) is 4.99 Å². The summed E-state index contributed by atoms with van der Waals surface area (Å²) in [7, 11) is 1.82. The van der Waals surface area contributed by atoms with Crippen molar-refractivity contribution in [1.29, 1.82) is 0 Å². The van der Waals surface area contributed by atoms with Gasteiger partial charge in [-0.15, -0.1) is 35.3 Å². The molecule has 0 spiro atoms.